The molecule has 0 bridgehead atoms. The second kappa shape index (κ2) is 5.23. The number of nitrogens with one attached hydrogen (secondary N) is 1. The van der Waals surface area contributed by atoms with Crippen molar-refractivity contribution >= 4 is 27.5 Å². The van der Waals surface area contributed by atoms with Crippen molar-refractivity contribution in [3.05, 3.63) is 28.7 Å². The average Bonchev–Trinajstić information content (AvgIpc) is 3.07. The molecule has 1 aliphatic rings. The van der Waals surface area contributed by atoms with Gasteiger partial charge in [0.1, 0.15) is 23.3 Å². The smallest absolute Gasteiger partial charge is 0.272 e. The highest BCUT2D eigenvalue weighted by molar-refractivity contribution is 6.11. The average molecular weight is 347 g/mol. The van der Waals surface area contributed by atoms with Crippen LogP contribution in [0.1, 0.15) is 13.2 Å². The first-order chi connectivity index (χ1) is 11.8. The van der Waals surface area contributed by atoms with E-state index in [4.69, 9.17) is 10.5 Å². The number of nitrogen functional groups attached to an aromatic ring is 1. The molecule has 0 amide bonds. The molecule has 0 aliphatic carbocycles. The zero-order valence-corrected chi connectivity index (χ0v) is 13.2. The highest BCUT2D eigenvalue weighted by atomic mass is 16.6. The van der Waals surface area contributed by atoms with Crippen molar-refractivity contribution in [1.82, 2.24) is 20.0 Å². The molecular weight excluding hydrogens is 330 g/mol. The molecule has 10 heteroatoms. The number of rotatable bonds is 2. The Morgan fingerprint density at radius 2 is 2.24 bits per heavy atom. The molecule has 10 nitrogen and oxygen atoms in total. The molecule has 3 heterocycles. The molecule has 6 N–H and O–H groups in total. The fourth-order valence-corrected chi connectivity index (χ4v) is 3.29. The molecule has 1 fully saturated rings. The van der Waals surface area contributed by atoms with Crippen LogP contribution >= 0.6 is 0 Å². The Morgan fingerprint density at radius 3 is 2.92 bits per heavy atom. The van der Waals surface area contributed by atoms with Crippen LogP contribution < -0.4 is 11.3 Å². The summed E-state index contributed by atoms with van der Waals surface area (Å²) in [4.78, 5) is 12.0. The fraction of sp³-hybridized carbons (Fsp3) is 0.400. The summed E-state index contributed by atoms with van der Waals surface area (Å²) in [5, 5.41) is 42.2. The molecule has 132 valence electrons. The minimum Gasteiger partial charge on any atom is -0.394 e. The van der Waals surface area contributed by atoms with E-state index < -0.39 is 36.2 Å². The molecule has 3 aromatic rings. The summed E-state index contributed by atoms with van der Waals surface area (Å²) in [5.74, 6) is 0.00884. The number of aromatic nitrogens is 4. The predicted octanol–water partition coefficient (Wildman–Crippen LogP) is -1.14. The van der Waals surface area contributed by atoms with E-state index in [2.05, 4.69) is 15.3 Å². The van der Waals surface area contributed by atoms with Crippen LogP contribution in [0.25, 0.3) is 21.7 Å². The number of nitrogens with zero attached hydrogens (tertiary/aromatic N) is 3. The van der Waals surface area contributed by atoms with Crippen molar-refractivity contribution in [3.8, 4) is 0 Å². The number of hydrogen-bond donors (Lipinski definition) is 5. The van der Waals surface area contributed by atoms with E-state index in [1.165, 1.54) is 11.6 Å². The first kappa shape index (κ1) is 16.0. The fourth-order valence-electron chi connectivity index (χ4n) is 3.29. The molecule has 1 aromatic carbocycles. The van der Waals surface area contributed by atoms with Gasteiger partial charge in [0.2, 0.25) is 0 Å². The third-order valence-electron chi connectivity index (χ3n) is 4.65. The van der Waals surface area contributed by atoms with Gasteiger partial charge in [-0.15, -0.1) is 0 Å². The maximum atomic E-state index is 12.0. The Bertz CT molecular complexity index is 1030. The second-order valence-corrected chi connectivity index (χ2v) is 6.35. The molecule has 0 unspecified atom stereocenters. The van der Waals surface area contributed by atoms with Crippen LogP contribution in [0.15, 0.2) is 23.1 Å². The number of aliphatic hydroxyl groups excluding tert-OH is 2. The van der Waals surface area contributed by atoms with Gasteiger partial charge in [0.05, 0.1) is 12.0 Å². The lowest BCUT2D eigenvalue weighted by atomic mass is 9.97. The number of anilines is 1. The molecule has 4 rings (SSSR count). The van der Waals surface area contributed by atoms with E-state index >= 15 is 0 Å². The van der Waals surface area contributed by atoms with Gasteiger partial charge in [-0.1, -0.05) is 6.07 Å². The Hall–Kier alpha value is -2.53. The van der Waals surface area contributed by atoms with Crippen molar-refractivity contribution in [2.45, 2.75) is 31.0 Å². The lowest BCUT2D eigenvalue weighted by molar-refractivity contribution is -0.102. The lowest BCUT2D eigenvalue weighted by Gasteiger charge is -2.27. The predicted molar refractivity (Wildman–Crippen MR) is 87.7 cm³/mol. The van der Waals surface area contributed by atoms with Crippen LogP contribution in [0.3, 0.4) is 0 Å². The molecular formula is C15H17N5O5. The van der Waals surface area contributed by atoms with E-state index in [0.29, 0.717) is 16.2 Å². The van der Waals surface area contributed by atoms with Gasteiger partial charge in [-0.25, -0.2) is 9.78 Å². The number of aliphatic hydroxyl groups is 3. The zero-order valence-electron chi connectivity index (χ0n) is 13.2. The molecule has 1 saturated heterocycles. The van der Waals surface area contributed by atoms with E-state index in [1.54, 1.807) is 18.3 Å². The Morgan fingerprint density at radius 1 is 1.48 bits per heavy atom. The van der Waals surface area contributed by atoms with E-state index in [0.717, 1.165) is 0 Å². The quantitative estimate of drug-likeness (QED) is 0.389. The molecule has 0 radical (unpaired) electrons. The van der Waals surface area contributed by atoms with Crippen LogP contribution in [-0.2, 0) is 4.74 Å². The minimum absolute atomic E-state index is 0.00884. The van der Waals surface area contributed by atoms with E-state index in [9.17, 15) is 20.1 Å². The summed E-state index contributed by atoms with van der Waals surface area (Å²) in [5.41, 5.74) is 4.09. The third-order valence-corrected chi connectivity index (χ3v) is 4.65. The highest BCUT2D eigenvalue weighted by Crippen LogP contribution is 2.38. The SMILES string of the molecule is C[C@@]1(O)[C@H](O)[C@@H](CO)O[C@H]1n1cc2ccc3c(=O)[nH]nc(N)c(n1)c23. The van der Waals surface area contributed by atoms with Crippen molar-refractivity contribution < 1.29 is 20.1 Å². The Kier molecular flexibility index (Phi) is 3.34. The number of aromatic amines is 1. The van der Waals surface area contributed by atoms with Crippen molar-refractivity contribution in [3.63, 3.8) is 0 Å². The molecule has 0 saturated carbocycles. The van der Waals surface area contributed by atoms with E-state index in [1.807, 2.05) is 0 Å². The normalized spacial score (nSPS) is 29.7. The number of ether oxygens (including phenoxy) is 1. The summed E-state index contributed by atoms with van der Waals surface area (Å²) in [6.45, 7) is 0.944. The van der Waals surface area contributed by atoms with Crippen molar-refractivity contribution in [2.75, 3.05) is 12.3 Å². The maximum absolute atomic E-state index is 12.0. The monoisotopic (exact) mass is 347 g/mol. The van der Waals surface area contributed by atoms with Gasteiger partial charge in [-0.3, -0.25) is 4.79 Å². The lowest BCUT2D eigenvalue weighted by Crippen LogP contribution is -2.44. The Labute approximate surface area is 140 Å². The minimum atomic E-state index is -1.69. The van der Waals surface area contributed by atoms with Gasteiger partial charge in [-0.05, 0) is 13.0 Å². The van der Waals surface area contributed by atoms with E-state index in [-0.39, 0.29) is 11.3 Å². The molecule has 1 aliphatic heterocycles. The van der Waals surface area contributed by atoms with Gasteiger partial charge in [-0.2, -0.15) is 10.2 Å². The number of nitrogens with two attached hydrogens (primary N) is 1. The number of hydrogen-bond acceptors (Lipinski definition) is 8. The summed E-state index contributed by atoms with van der Waals surface area (Å²) in [7, 11) is 0. The van der Waals surface area contributed by atoms with Gasteiger partial charge in [0.15, 0.2) is 12.0 Å². The second-order valence-electron chi connectivity index (χ2n) is 6.35. The largest absolute Gasteiger partial charge is 0.394 e. The molecule has 2 aromatic heterocycles. The topological polar surface area (TPSA) is 160 Å². The van der Waals surface area contributed by atoms with Gasteiger partial charge in [0.25, 0.3) is 5.56 Å². The molecule has 0 spiro atoms. The molecule has 25 heavy (non-hydrogen) atoms. The third kappa shape index (κ3) is 2.15. The maximum Gasteiger partial charge on any atom is 0.272 e. The van der Waals surface area contributed by atoms with Gasteiger partial charge >= 0.3 is 0 Å². The van der Waals surface area contributed by atoms with Crippen molar-refractivity contribution in [1.29, 1.82) is 0 Å². The van der Waals surface area contributed by atoms with Gasteiger partial charge < -0.3 is 25.8 Å². The number of H-pyrrole nitrogens is 1. The van der Waals surface area contributed by atoms with Crippen LogP contribution in [0, 0.1) is 0 Å². The Balaban J connectivity index is 1.98. The van der Waals surface area contributed by atoms with Crippen LogP contribution in [0.2, 0.25) is 0 Å². The molecule has 4 atom stereocenters. The summed E-state index contributed by atoms with van der Waals surface area (Å²) >= 11 is 0. The van der Waals surface area contributed by atoms with Crippen LogP contribution in [-0.4, -0.2) is 59.7 Å². The first-order valence-electron chi connectivity index (χ1n) is 7.67. The summed E-state index contributed by atoms with van der Waals surface area (Å²) in [6.07, 6.45) is -1.72. The zero-order chi connectivity index (χ0) is 17.9. The van der Waals surface area contributed by atoms with Crippen LogP contribution in [0.5, 0.6) is 0 Å². The first-order valence-corrected chi connectivity index (χ1v) is 7.67. The summed E-state index contributed by atoms with van der Waals surface area (Å²) in [6, 6.07) is 3.34. The van der Waals surface area contributed by atoms with Crippen LogP contribution in [0.4, 0.5) is 5.82 Å². The standard InChI is InChI=1S/C15H17N5O5/c1-15(24)11(22)8(5-21)25-14(15)20-4-6-2-3-7-9(6)10(19-20)12(16)17-18-13(7)23/h2-4,8,11,14,21-22,24H,5H2,1H3,(H2,16,17)(H,18,23)/t8-,11-,14-,15-/m1/s1. The van der Waals surface area contributed by atoms with Crippen molar-refractivity contribution in [2.24, 2.45) is 0 Å². The highest BCUT2D eigenvalue weighted by Gasteiger charge is 2.53. The summed E-state index contributed by atoms with van der Waals surface area (Å²) < 4.78 is 6.89. The van der Waals surface area contributed by atoms with Gasteiger partial charge in [0, 0.05) is 17.0 Å².